The Hall–Kier alpha value is -2.26. The minimum absolute atomic E-state index is 0.240. The highest BCUT2D eigenvalue weighted by atomic mass is 35.5. The van der Waals surface area contributed by atoms with E-state index in [0.717, 1.165) is 42.9 Å². The molecule has 1 aromatic heterocycles. The molecule has 2 aromatic carbocycles. The number of nitrogens with zero attached hydrogens (tertiary/aromatic N) is 1. The number of carbonyl (C=O) groups is 1. The molecule has 1 aliphatic heterocycles. The van der Waals surface area contributed by atoms with Crippen LogP contribution >= 0.6 is 11.6 Å². The molecule has 0 fully saturated rings. The summed E-state index contributed by atoms with van der Waals surface area (Å²) < 4.78 is 0. The van der Waals surface area contributed by atoms with Crippen molar-refractivity contribution < 1.29 is 4.79 Å². The molecule has 4 rings (SSSR count). The average Bonchev–Trinajstić information content (AvgIpc) is 2.85. The lowest BCUT2D eigenvalue weighted by Gasteiger charge is -2.20. The van der Waals surface area contributed by atoms with Crippen LogP contribution in [0.3, 0.4) is 0 Å². The van der Waals surface area contributed by atoms with E-state index < -0.39 is 0 Å². The maximum Gasteiger partial charge on any atom is 0.222 e. The zero-order valence-electron chi connectivity index (χ0n) is 14.1. The summed E-state index contributed by atoms with van der Waals surface area (Å²) in [5.41, 5.74) is 5.02. The largest absolute Gasteiger partial charge is 0.358 e. The second-order valence-electron chi connectivity index (χ2n) is 6.63. The van der Waals surface area contributed by atoms with Crippen LogP contribution in [-0.4, -0.2) is 28.9 Å². The van der Waals surface area contributed by atoms with Crippen molar-refractivity contribution in [3.05, 3.63) is 70.4 Å². The first-order chi connectivity index (χ1) is 12.2. The number of fused-ring (bicyclic) bond motifs is 3. The summed E-state index contributed by atoms with van der Waals surface area (Å²) in [7, 11) is 0. The SMILES string of the molecule is O=C(CCc1ccc(Cl)cc1)N1CCc2[nH]c3ccccc3c2CC1. The number of rotatable bonds is 3. The van der Waals surface area contributed by atoms with Crippen LogP contribution in [0.5, 0.6) is 0 Å². The molecule has 0 saturated heterocycles. The van der Waals surface area contributed by atoms with Gasteiger partial charge in [0.05, 0.1) is 0 Å². The van der Waals surface area contributed by atoms with E-state index >= 15 is 0 Å². The van der Waals surface area contributed by atoms with Gasteiger partial charge in [-0.2, -0.15) is 0 Å². The van der Waals surface area contributed by atoms with E-state index in [1.807, 2.05) is 29.2 Å². The van der Waals surface area contributed by atoms with E-state index in [1.165, 1.54) is 22.2 Å². The molecule has 0 aliphatic carbocycles. The Morgan fingerprint density at radius 1 is 1.04 bits per heavy atom. The molecule has 25 heavy (non-hydrogen) atoms. The van der Waals surface area contributed by atoms with Gasteiger partial charge >= 0.3 is 0 Å². The monoisotopic (exact) mass is 352 g/mol. The van der Waals surface area contributed by atoms with Gasteiger partial charge in [0.1, 0.15) is 0 Å². The zero-order valence-corrected chi connectivity index (χ0v) is 14.9. The fourth-order valence-electron chi connectivity index (χ4n) is 3.67. The molecule has 1 amide bonds. The lowest BCUT2D eigenvalue weighted by molar-refractivity contribution is -0.131. The van der Waals surface area contributed by atoms with Gasteiger partial charge in [-0.3, -0.25) is 4.79 Å². The molecular weight excluding hydrogens is 332 g/mol. The second kappa shape index (κ2) is 6.93. The smallest absolute Gasteiger partial charge is 0.222 e. The van der Waals surface area contributed by atoms with Crippen molar-refractivity contribution in [2.45, 2.75) is 25.7 Å². The number of H-pyrrole nitrogens is 1. The number of amides is 1. The van der Waals surface area contributed by atoms with E-state index in [2.05, 4.69) is 29.2 Å². The minimum Gasteiger partial charge on any atom is -0.358 e. The Kier molecular flexibility index (Phi) is 4.50. The van der Waals surface area contributed by atoms with E-state index in [-0.39, 0.29) is 5.91 Å². The maximum atomic E-state index is 12.6. The van der Waals surface area contributed by atoms with Crippen LogP contribution < -0.4 is 0 Å². The summed E-state index contributed by atoms with van der Waals surface area (Å²) in [6.07, 6.45) is 3.14. The number of halogens is 1. The Bertz CT molecular complexity index is 898. The predicted octanol–water partition coefficient (Wildman–Crippen LogP) is 4.38. The number of benzene rings is 2. The third-order valence-electron chi connectivity index (χ3n) is 5.06. The number of carbonyl (C=O) groups excluding carboxylic acids is 1. The quantitative estimate of drug-likeness (QED) is 0.746. The van der Waals surface area contributed by atoms with Gasteiger partial charge in [-0.1, -0.05) is 41.9 Å². The van der Waals surface area contributed by atoms with Crippen molar-refractivity contribution >= 4 is 28.4 Å². The molecule has 1 aliphatic rings. The minimum atomic E-state index is 0.240. The summed E-state index contributed by atoms with van der Waals surface area (Å²) in [5, 5.41) is 2.03. The second-order valence-corrected chi connectivity index (χ2v) is 7.07. The molecule has 4 heteroatoms. The van der Waals surface area contributed by atoms with Crippen molar-refractivity contribution in [2.75, 3.05) is 13.1 Å². The molecule has 128 valence electrons. The van der Waals surface area contributed by atoms with Crippen molar-refractivity contribution in [2.24, 2.45) is 0 Å². The predicted molar refractivity (Wildman–Crippen MR) is 102 cm³/mol. The Balaban J connectivity index is 1.41. The van der Waals surface area contributed by atoms with Crippen LogP contribution in [0.25, 0.3) is 10.9 Å². The highest BCUT2D eigenvalue weighted by Gasteiger charge is 2.21. The molecule has 2 heterocycles. The van der Waals surface area contributed by atoms with Crippen LogP contribution in [0.2, 0.25) is 5.02 Å². The van der Waals surface area contributed by atoms with Crippen molar-refractivity contribution in [1.29, 1.82) is 0 Å². The molecule has 0 radical (unpaired) electrons. The first kappa shape index (κ1) is 16.2. The number of hydrogen-bond acceptors (Lipinski definition) is 1. The molecule has 0 saturated carbocycles. The molecule has 1 N–H and O–H groups in total. The van der Waals surface area contributed by atoms with Gasteiger partial charge in [0, 0.05) is 47.6 Å². The van der Waals surface area contributed by atoms with Crippen LogP contribution in [0.4, 0.5) is 0 Å². The summed E-state index contributed by atoms with van der Waals surface area (Å²) in [6, 6.07) is 16.2. The average molecular weight is 353 g/mol. The fraction of sp³-hybridized carbons (Fsp3) is 0.286. The van der Waals surface area contributed by atoms with Crippen LogP contribution in [0.15, 0.2) is 48.5 Å². The number of hydrogen-bond donors (Lipinski definition) is 1. The van der Waals surface area contributed by atoms with Gasteiger partial charge in [-0.15, -0.1) is 0 Å². The molecular formula is C21H21ClN2O. The summed E-state index contributed by atoms with van der Waals surface area (Å²) >= 11 is 5.91. The van der Waals surface area contributed by atoms with E-state index in [9.17, 15) is 4.79 Å². The standard InChI is InChI=1S/C21H21ClN2O/c22-16-8-5-15(6-9-16)7-10-21(25)24-13-11-18-17-3-1-2-4-19(17)23-20(18)12-14-24/h1-6,8-9,23H,7,10-14H2. The van der Waals surface area contributed by atoms with Crippen LogP contribution in [0.1, 0.15) is 23.2 Å². The van der Waals surface area contributed by atoms with Crippen molar-refractivity contribution in [1.82, 2.24) is 9.88 Å². The van der Waals surface area contributed by atoms with Crippen molar-refractivity contribution in [3.63, 3.8) is 0 Å². The third kappa shape index (κ3) is 3.42. The zero-order chi connectivity index (χ0) is 17.2. The summed E-state index contributed by atoms with van der Waals surface area (Å²) in [5.74, 6) is 0.240. The number of aromatic nitrogens is 1. The number of aryl methyl sites for hydroxylation is 1. The van der Waals surface area contributed by atoms with E-state index in [4.69, 9.17) is 11.6 Å². The molecule has 3 nitrogen and oxygen atoms in total. The first-order valence-corrected chi connectivity index (χ1v) is 9.19. The summed E-state index contributed by atoms with van der Waals surface area (Å²) in [6.45, 7) is 1.59. The van der Waals surface area contributed by atoms with E-state index in [0.29, 0.717) is 6.42 Å². The molecule has 0 spiro atoms. The van der Waals surface area contributed by atoms with Gasteiger partial charge in [-0.25, -0.2) is 0 Å². The third-order valence-corrected chi connectivity index (χ3v) is 5.31. The maximum absolute atomic E-state index is 12.6. The number of aromatic amines is 1. The van der Waals surface area contributed by atoms with Crippen molar-refractivity contribution in [3.8, 4) is 0 Å². The Morgan fingerprint density at radius 2 is 1.80 bits per heavy atom. The molecule has 0 unspecified atom stereocenters. The highest BCUT2D eigenvalue weighted by Crippen LogP contribution is 2.25. The Morgan fingerprint density at radius 3 is 2.64 bits per heavy atom. The van der Waals surface area contributed by atoms with Gasteiger partial charge in [0.25, 0.3) is 0 Å². The number of para-hydroxylation sites is 1. The van der Waals surface area contributed by atoms with Crippen LogP contribution in [-0.2, 0) is 24.1 Å². The topological polar surface area (TPSA) is 36.1 Å². The van der Waals surface area contributed by atoms with Gasteiger partial charge in [0.2, 0.25) is 5.91 Å². The fourth-order valence-corrected chi connectivity index (χ4v) is 3.80. The van der Waals surface area contributed by atoms with E-state index in [1.54, 1.807) is 0 Å². The summed E-state index contributed by atoms with van der Waals surface area (Å²) in [4.78, 5) is 18.2. The lowest BCUT2D eigenvalue weighted by Crippen LogP contribution is -2.33. The first-order valence-electron chi connectivity index (χ1n) is 8.81. The normalized spacial score (nSPS) is 14.4. The molecule has 0 atom stereocenters. The van der Waals surface area contributed by atoms with Gasteiger partial charge < -0.3 is 9.88 Å². The Labute approximate surface area is 152 Å². The molecule has 0 bridgehead atoms. The number of nitrogens with one attached hydrogen (secondary N) is 1. The van der Waals surface area contributed by atoms with Gasteiger partial charge in [0.15, 0.2) is 0 Å². The van der Waals surface area contributed by atoms with Gasteiger partial charge in [-0.05, 0) is 42.2 Å². The highest BCUT2D eigenvalue weighted by molar-refractivity contribution is 6.30. The lowest BCUT2D eigenvalue weighted by atomic mass is 10.1. The van der Waals surface area contributed by atoms with Crippen LogP contribution in [0, 0.1) is 0 Å². The molecule has 3 aromatic rings.